The molecule has 2 heterocycles. The van der Waals surface area contributed by atoms with Crippen molar-refractivity contribution < 1.29 is 13.2 Å². The van der Waals surface area contributed by atoms with Gasteiger partial charge in [-0.25, -0.2) is 0 Å². The maximum atomic E-state index is 12.8. The second-order valence-corrected chi connectivity index (χ2v) is 7.12. The quantitative estimate of drug-likeness (QED) is 0.597. The monoisotopic (exact) mass is 363 g/mol. The highest BCUT2D eigenvalue weighted by Gasteiger charge is 2.41. The highest BCUT2D eigenvalue weighted by atomic mass is 19.4. The van der Waals surface area contributed by atoms with Crippen LogP contribution in [0.5, 0.6) is 0 Å². The molecule has 2 unspecified atom stereocenters. The van der Waals surface area contributed by atoms with Gasteiger partial charge < -0.3 is 15.1 Å². The molecule has 0 spiro atoms. The predicted octanol–water partition coefficient (Wildman–Crippen LogP) is 1.86. The third-order valence-electron chi connectivity index (χ3n) is 5.31. The summed E-state index contributed by atoms with van der Waals surface area (Å²) in [7, 11) is 1.74. The van der Waals surface area contributed by atoms with E-state index in [1.54, 1.807) is 7.05 Å². The number of aliphatic imine (C=N–C) groups is 1. The lowest BCUT2D eigenvalue weighted by atomic mass is 10.1. The normalized spacial score (nSPS) is 25.4. The molecule has 25 heavy (non-hydrogen) atoms. The molecule has 0 amide bonds. The number of nitrogens with one attached hydrogen (secondary N) is 1. The largest absolute Gasteiger partial charge is 0.403 e. The van der Waals surface area contributed by atoms with Crippen molar-refractivity contribution in [2.45, 2.75) is 38.9 Å². The fraction of sp³-hybridized carbons (Fsp3) is 0.941. The average Bonchev–Trinajstić information content (AvgIpc) is 3.02. The standard InChI is InChI=1S/C17H32F3N5/c1-4-6-23-7-5-15(13-23)12-22-16(21-3)25-10-8-24(9-11-25)14(2)17(18,19)20/h14-15H,4-13H2,1-3H3,(H,21,22). The zero-order valence-corrected chi connectivity index (χ0v) is 15.6. The number of rotatable bonds is 5. The summed E-state index contributed by atoms with van der Waals surface area (Å²) in [5, 5.41) is 3.43. The van der Waals surface area contributed by atoms with Gasteiger partial charge in [-0.05, 0) is 38.8 Å². The molecular weight excluding hydrogens is 331 g/mol. The fourth-order valence-corrected chi connectivity index (χ4v) is 3.69. The summed E-state index contributed by atoms with van der Waals surface area (Å²) in [6.07, 6.45) is -1.78. The number of guanidine groups is 1. The number of likely N-dealkylation sites (tertiary alicyclic amines) is 1. The smallest absolute Gasteiger partial charge is 0.356 e. The first-order chi connectivity index (χ1) is 11.8. The van der Waals surface area contributed by atoms with Crippen LogP contribution < -0.4 is 5.32 Å². The molecule has 0 aliphatic carbocycles. The van der Waals surface area contributed by atoms with Gasteiger partial charge in [0.2, 0.25) is 0 Å². The van der Waals surface area contributed by atoms with Gasteiger partial charge in [-0.15, -0.1) is 0 Å². The summed E-state index contributed by atoms with van der Waals surface area (Å²) in [4.78, 5) is 10.4. The third kappa shape index (κ3) is 5.74. The molecule has 146 valence electrons. The van der Waals surface area contributed by atoms with Crippen molar-refractivity contribution in [3.05, 3.63) is 0 Å². The Morgan fingerprint density at radius 1 is 1.20 bits per heavy atom. The molecular formula is C17H32F3N5. The average molecular weight is 363 g/mol. The van der Waals surface area contributed by atoms with Gasteiger partial charge in [0.1, 0.15) is 6.04 Å². The summed E-state index contributed by atoms with van der Waals surface area (Å²) >= 11 is 0. The van der Waals surface area contributed by atoms with Gasteiger partial charge in [0.25, 0.3) is 0 Å². The molecule has 2 fully saturated rings. The first-order valence-corrected chi connectivity index (χ1v) is 9.33. The molecule has 2 atom stereocenters. The summed E-state index contributed by atoms with van der Waals surface area (Å²) in [6.45, 7) is 9.74. The Morgan fingerprint density at radius 3 is 2.44 bits per heavy atom. The van der Waals surface area contributed by atoms with Crippen LogP contribution in [0.4, 0.5) is 13.2 Å². The number of halogens is 3. The minimum atomic E-state index is -4.16. The zero-order valence-electron chi connectivity index (χ0n) is 15.6. The number of nitrogens with zero attached hydrogens (tertiary/aromatic N) is 4. The summed E-state index contributed by atoms with van der Waals surface area (Å²) in [6, 6.07) is -1.38. The summed E-state index contributed by atoms with van der Waals surface area (Å²) < 4.78 is 38.5. The molecule has 8 heteroatoms. The molecule has 0 aromatic heterocycles. The van der Waals surface area contributed by atoms with E-state index >= 15 is 0 Å². The highest BCUT2D eigenvalue weighted by molar-refractivity contribution is 5.80. The SMILES string of the molecule is CCCN1CCC(CNC(=NC)N2CCN(C(C)C(F)(F)F)CC2)C1. The van der Waals surface area contributed by atoms with Crippen LogP contribution in [-0.2, 0) is 0 Å². The Hall–Kier alpha value is -1.02. The first kappa shape index (κ1) is 20.3. The molecule has 2 saturated heterocycles. The van der Waals surface area contributed by atoms with Crippen molar-refractivity contribution in [2.75, 3.05) is 59.4 Å². The Bertz CT molecular complexity index is 432. The molecule has 0 aromatic rings. The van der Waals surface area contributed by atoms with Crippen LogP contribution in [0, 0.1) is 5.92 Å². The minimum absolute atomic E-state index is 0.412. The van der Waals surface area contributed by atoms with Crippen LogP contribution in [0.2, 0.25) is 0 Å². The molecule has 0 saturated carbocycles. The maximum Gasteiger partial charge on any atom is 0.403 e. The molecule has 0 bridgehead atoms. The van der Waals surface area contributed by atoms with Gasteiger partial charge in [-0.2, -0.15) is 13.2 Å². The van der Waals surface area contributed by atoms with Crippen molar-refractivity contribution in [3.63, 3.8) is 0 Å². The summed E-state index contributed by atoms with van der Waals surface area (Å²) in [5.74, 6) is 1.43. The van der Waals surface area contributed by atoms with Crippen molar-refractivity contribution in [1.82, 2.24) is 20.0 Å². The lowest BCUT2D eigenvalue weighted by Crippen LogP contribution is -2.57. The number of alkyl halides is 3. The van der Waals surface area contributed by atoms with Crippen molar-refractivity contribution >= 4 is 5.96 Å². The van der Waals surface area contributed by atoms with Gasteiger partial charge >= 0.3 is 6.18 Å². The van der Waals surface area contributed by atoms with Crippen LogP contribution in [0.15, 0.2) is 4.99 Å². The maximum absolute atomic E-state index is 12.8. The Morgan fingerprint density at radius 2 is 1.88 bits per heavy atom. The van der Waals surface area contributed by atoms with E-state index in [2.05, 4.69) is 27.0 Å². The van der Waals surface area contributed by atoms with E-state index in [9.17, 15) is 13.2 Å². The second-order valence-electron chi connectivity index (χ2n) is 7.12. The van der Waals surface area contributed by atoms with Gasteiger partial charge in [-0.1, -0.05) is 6.92 Å². The van der Waals surface area contributed by atoms with Gasteiger partial charge in [0.05, 0.1) is 0 Å². The second kappa shape index (κ2) is 9.07. The number of hydrogen-bond acceptors (Lipinski definition) is 3. The van der Waals surface area contributed by atoms with E-state index < -0.39 is 12.2 Å². The zero-order chi connectivity index (χ0) is 18.4. The molecule has 2 rings (SSSR count). The van der Waals surface area contributed by atoms with Gasteiger partial charge in [0.15, 0.2) is 5.96 Å². The number of hydrogen-bond donors (Lipinski definition) is 1. The van der Waals surface area contributed by atoms with Crippen molar-refractivity contribution in [3.8, 4) is 0 Å². The fourth-order valence-electron chi connectivity index (χ4n) is 3.69. The highest BCUT2D eigenvalue weighted by Crippen LogP contribution is 2.25. The number of piperazine rings is 1. The molecule has 2 aliphatic heterocycles. The van der Waals surface area contributed by atoms with Crippen LogP contribution >= 0.6 is 0 Å². The van der Waals surface area contributed by atoms with Crippen LogP contribution in [0.1, 0.15) is 26.7 Å². The first-order valence-electron chi connectivity index (χ1n) is 9.33. The Labute approximate surface area is 149 Å². The van der Waals surface area contributed by atoms with Crippen LogP contribution in [0.3, 0.4) is 0 Å². The van der Waals surface area contributed by atoms with E-state index in [0.717, 1.165) is 32.1 Å². The van der Waals surface area contributed by atoms with Crippen molar-refractivity contribution in [2.24, 2.45) is 10.9 Å². The molecule has 0 aromatic carbocycles. The topological polar surface area (TPSA) is 34.1 Å². The van der Waals surface area contributed by atoms with E-state index in [0.29, 0.717) is 32.1 Å². The van der Waals surface area contributed by atoms with Gasteiger partial charge in [-0.3, -0.25) is 9.89 Å². The Balaban J connectivity index is 1.75. The Kier molecular flexibility index (Phi) is 7.37. The minimum Gasteiger partial charge on any atom is -0.356 e. The molecule has 2 aliphatic rings. The van der Waals surface area contributed by atoms with E-state index in [1.165, 1.54) is 24.7 Å². The van der Waals surface area contributed by atoms with Crippen LogP contribution in [0.25, 0.3) is 0 Å². The molecule has 5 nitrogen and oxygen atoms in total. The van der Waals surface area contributed by atoms with Crippen molar-refractivity contribution in [1.29, 1.82) is 0 Å². The predicted molar refractivity (Wildman–Crippen MR) is 94.9 cm³/mol. The lowest BCUT2D eigenvalue weighted by molar-refractivity contribution is -0.181. The van der Waals surface area contributed by atoms with E-state index in [-0.39, 0.29) is 0 Å². The molecule has 0 radical (unpaired) electrons. The lowest BCUT2D eigenvalue weighted by Gasteiger charge is -2.39. The van der Waals surface area contributed by atoms with Gasteiger partial charge in [0, 0.05) is 46.3 Å². The van der Waals surface area contributed by atoms with Crippen LogP contribution in [-0.4, -0.2) is 92.3 Å². The van der Waals surface area contributed by atoms with E-state index in [4.69, 9.17) is 0 Å². The third-order valence-corrected chi connectivity index (χ3v) is 5.31. The summed E-state index contributed by atoms with van der Waals surface area (Å²) in [5.41, 5.74) is 0. The molecule has 1 N–H and O–H groups in total. The van der Waals surface area contributed by atoms with E-state index in [1.807, 2.05) is 0 Å².